The number of nitrogens with one attached hydrogen (secondary N) is 1. The number of hydrogen-bond donors (Lipinski definition) is 1. The molecule has 0 aliphatic heterocycles. The molecule has 4 aromatic rings. The molecule has 186 valence electrons. The highest BCUT2D eigenvalue weighted by Gasteiger charge is 2.24. The Morgan fingerprint density at radius 3 is 2.65 bits per heavy atom. The lowest BCUT2D eigenvalue weighted by atomic mass is 9.91. The number of carbonyl (C=O) groups excluding carboxylic acids is 1. The van der Waals surface area contributed by atoms with E-state index in [9.17, 15) is 4.79 Å². The Balaban J connectivity index is 1.43. The summed E-state index contributed by atoms with van der Waals surface area (Å²) in [5.74, 6) is 0.766. The summed E-state index contributed by atoms with van der Waals surface area (Å²) in [6.45, 7) is 14.5. The SMILES string of the molecule is [C-]#[N+]c1cccc(-n2nc(C)cc2C(=O)Cc2cccc(C(NCC3CC3)c3cc(C)ccc3C)c2)c1. The molecular weight excluding hydrogens is 456 g/mol. The first kappa shape index (κ1) is 24.7. The van der Waals surface area contributed by atoms with Crippen molar-refractivity contribution in [3.63, 3.8) is 0 Å². The maximum Gasteiger partial charge on any atom is 0.189 e. The Kier molecular flexibility index (Phi) is 7.03. The summed E-state index contributed by atoms with van der Waals surface area (Å²) in [5, 5.41) is 8.37. The van der Waals surface area contributed by atoms with Gasteiger partial charge in [0, 0.05) is 6.42 Å². The minimum absolute atomic E-state index is 0.000177. The second kappa shape index (κ2) is 10.5. The Labute approximate surface area is 219 Å². The van der Waals surface area contributed by atoms with Gasteiger partial charge >= 0.3 is 0 Å². The number of nitrogens with zero attached hydrogens (tertiary/aromatic N) is 3. The molecule has 0 saturated heterocycles. The van der Waals surface area contributed by atoms with Crippen molar-refractivity contribution in [3.05, 3.63) is 123 Å². The van der Waals surface area contributed by atoms with Crippen molar-refractivity contribution >= 4 is 11.5 Å². The number of benzene rings is 3. The lowest BCUT2D eigenvalue weighted by molar-refractivity contribution is 0.0985. The topological polar surface area (TPSA) is 51.3 Å². The van der Waals surface area contributed by atoms with Gasteiger partial charge in [0.1, 0.15) is 5.69 Å². The summed E-state index contributed by atoms with van der Waals surface area (Å²) >= 11 is 0. The van der Waals surface area contributed by atoms with Gasteiger partial charge in [-0.1, -0.05) is 60.2 Å². The van der Waals surface area contributed by atoms with E-state index in [1.807, 2.05) is 31.2 Å². The van der Waals surface area contributed by atoms with Gasteiger partial charge in [-0.2, -0.15) is 5.10 Å². The highest BCUT2D eigenvalue weighted by Crippen LogP contribution is 2.32. The molecule has 1 heterocycles. The van der Waals surface area contributed by atoms with Gasteiger partial charge in [-0.15, -0.1) is 0 Å². The van der Waals surface area contributed by atoms with Gasteiger partial charge in [0.2, 0.25) is 0 Å². The molecule has 0 bridgehead atoms. The van der Waals surface area contributed by atoms with Crippen LogP contribution >= 0.6 is 0 Å². The first-order chi connectivity index (χ1) is 17.9. The van der Waals surface area contributed by atoms with E-state index in [0.717, 1.165) is 29.4 Å². The molecule has 1 saturated carbocycles. The monoisotopic (exact) mass is 488 g/mol. The maximum absolute atomic E-state index is 13.5. The van der Waals surface area contributed by atoms with Crippen molar-refractivity contribution in [2.24, 2.45) is 5.92 Å². The first-order valence-corrected chi connectivity index (χ1v) is 12.9. The fraction of sp³-hybridized carbons (Fsp3) is 0.281. The zero-order chi connectivity index (χ0) is 25.9. The Morgan fingerprint density at radius 2 is 1.86 bits per heavy atom. The van der Waals surface area contributed by atoms with Crippen LogP contribution in [0.3, 0.4) is 0 Å². The zero-order valence-corrected chi connectivity index (χ0v) is 21.7. The molecule has 1 N–H and O–H groups in total. The van der Waals surface area contributed by atoms with E-state index in [1.54, 1.807) is 16.8 Å². The summed E-state index contributed by atoms with van der Waals surface area (Å²) in [6.07, 6.45) is 2.88. The summed E-state index contributed by atoms with van der Waals surface area (Å²) in [6, 6.07) is 24.1. The molecule has 1 atom stereocenters. The fourth-order valence-corrected chi connectivity index (χ4v) is 4.83. The lowest BCUT2D eigenvalue weighted by Gasteiger charge is -2.23. The van der Waals surface area contributed by atoms with Crippen LogP contribution in [0.4, 0.5) is 5.69 Å². The summed E-state index contributed by atoms with van der Waals surface area (Å²) in [4.78, 5) is 17.0. The molecule has 5 heteroatoms. The van der Waals surface area contributed by atoms with Crippen LogP contribution in [0.25, 0.3) is 10.5 Å². The predicted molar refractivity (Wildman–Crippen MR) is 148 cm³/mol. The first-order valence-electron chi connectivity index (χ1n) is 12.9. The number of hydrogen-bond acceptors (Lipinski definition) is 3. The van der Waals surface area contributed by atoms with Gasteiger partial charge in [0.15, 0.2) is 11.5 Å². The Morgan fingerprint density at radius 1 is 1.05 bits per heavy atom. The van der Waals surface area contributed by atoms with Crippen molar-refractivity contribution in [1.29, 1.82) is 0 Å². The normalized spacial score (nSPS) is 13.8. The van der Waals surface area contributed by atoms with Crippen molar-refractivity contribution in [1.82, 2.24) is 15.1 Å². The van der Waals surface area contributed by atoms with Crippen LogP contribution in [0.2, 0.25) is 0 Å². The largest absolute Gasteiger partial charge is 0.306 e. The van der Waals surface area contributed by atoms with Gasteiger partial charge in [-0.3, -0.25) is 4.79 Å². The summed E-state index contributed by atoms with van der Waals surface area (Å²) < 4.78 is 1.66. The van der Waals surface area contributed by atoms with Crippen molar-refractivity contribution in [3.8, 4) is 5.69 Å². The number of ketones is 1. The predicted octanol–water partition coefficient (Wildman–Crippen LogP) is 6.86. The molecule has 0 radical (unpaired) electrons. The van der Waals surface area contributed by atoms with Crippen LogP contribution in [-0.4, -0.2) is 22.1 Å². The third-order valence-corrected chi connectivity index (χ3v) is 7.02. The minimum Gasteiger partial charge on any atom is -0.306 e. The van der Waals surface area contributed by atoms with Gasteiger partial charge in [-0.25, -0.2) is 9.53 Å². The maximum atomic E-state index is 13.5. The number of carbonyl (C=O) groups is 1. The third-order valence-electron chi connectivity index (χ3n) is 7.02. The second-order valence-corrected chi connectivity index (χ2v) is 10.2. The minimum atomic E-state index is 0.000177. The fourth-order valence-electron chi connectivity index (χ4n) is 4.83. The molecule has 5 rings (SSSR count). The summed E-state index contributed by atoms with van der Waals surface area (Å²) in [7, 11) is 0. The van der Waals surface area contributed by atoms with Crippen molar-refractivity contribution in [2.45, 2.75) is 46.1 Å². The smallest absolute Gasteiger partial charge is 0.189 e. The van der Waals surface area contributed by atoms with E-state index in [4.69, 9.17) is 6.57 Å². The van der Waals surface area contributed by atoms with Gasteiger partial charge in [0.05, 0.1) is 24.0 Å². The number of rotatable bonds is 9. The molecule has 0 amide bonds. The molecule has 0 spiro atoms. The van der Waals surface area contributed by atoms with E-state index in [0.29, 0.717) is 11.4 Å². The standard InChI is InChI=1S/C32H32N4O/c1-21-11-12-22(2)29(15-21)32(34-20-24-13-14-24)26-8-5-7-25(17-26)18-31(37)30-16-23(3)35-36(30)28-10-6-9-27(19-28)33-4/h5-12,15-17,19,24,32,34H,13-14,18,20H2,1-3H3. The lowest BCUT2D eigenvalue weighted by Crippen LogP contribution is -2.25. The molecular formula is C32H32N4O. The number of Topliss-reactive ketones (excluding diaryl/α,β-unsaturated/α-hetero) is 1. The Bertz CT molecular complexity index is 1490. The average Bonchev–Trinajstić information content (AvgIpc) is 3.65. The molecule has 5 nitrogen and oxygen atoms in total. The van der Waals surface area contributed by atoms with Gasteiger partial charge in [-0.05, 0) is 86.5 Å². The highest BCUT2D eigenvalue weighted by atomic mass is 16.1. The number of aryl methyl sites for hydroxylation is 3. The van der Waals surface area contributed by atoms with Crippen LogP contribution in [0.5, 0.6) is 0 Å². The molecule has 1 fully saturated rings. The molecule has 37 heavy (non-hydrogen) atoms. The van der Waals surface area contributed by atoms with Crippen molar-refractivity contribution in [2.75, 3.05) is 6.54 Å². The van der Waals surface area contributed by atoms with E-state index < -0.39 is 0 Å². The van der Waals surface area contributed by atoms with E-state index in [-0.39, 0.29) is 18.2 Å². The Hall–Kier alpha value is -4.01. The highest BCUT2D eigenvalue weighted by molar-refractivity contribution is 5.96. The van der Waals surface area contributed by atoms with Gasteiger partial charge < -0.3 is 5.32 Å². The molecule has 1 unspecified atom stereocenters. The number of aromatic nitrogens is 2. The van der Waals surface area contributed by atoms with Crippen molar-refractivity contribution < 1.29 is 4.79 Å². The van der Waals surface area contributed by atoms with E-state index in [2.05, 4.69) is 65.5 Å². The third kappa shape index (κ3) is 5.71. The summed E-state index contributed by atoms with van der Waals surface area (Å²) in [5.41, 5.74) is 8.49. The molecule has 3 aromatic carbocycles. The van der Waals surface area contributed by atoms with E-state index in [1.165, 1.54) is 35.1 Å². The average molecular weight is 489 g/mol. The van der Waals surface area contributed by atoms with E-state index >= 15 is 0 Å². The quantitative estimate of drug-likeness (QED) is 0.207. The zero-order valence-electron chi connectivity index (χ0n) is 21.7. The second-order valence-electron chi connectivity index (χ2n) is 10.2. The molecule has 1 aliphatic carbocycles. The van der Waals surface area contributed by atoms with Crippen LogP contribution in [0.1, 0.15) is 62.9 Å². The van der Waals surface area contributed by atoms with Crippen LogP contribution in [-0.2, 0) is 6.42 Å². The van der Waals surface area contributed by atoms with Crippen LogP contribution in [0, 0.1) is 33.3 Å². The van der Waals surface area contributed by atoms with Crippen LogP contribution in [0.15, 0.2) is 72.8 Å². The molecule has 1 aromatic heterocycles. The van der Waals surface area contributed by atoms with Gasteiger partial charge in [0.25, 0.3) is 0 Å². The van der Waals surface area contributed by atoms with Crippen LogP contribution < -0.4 is 5.32 Å². The molecule has 1 aliphatic rings.